The van der Waals surface area contributed by atoms with Gasteiger partial charge in [-0.15, -0.1) is 10.2 Å². The Kier molecular flexibility index (Phi) is 7.27. The number of likely N-dealkylation sites (tertiary alicyclic amines) is 1. The third kappa shape index (κ3) is 5.79. The molecule has 3 heterocycles. The predicted octanol–water partition coefficient (Wildman–Crippen LogP) is 4.85. The molecule has 4 rings (SSSR count). The van der Waals surface area contributed by atoms with Gasteiger partial charge in [-0.2, -0.15) is 10.2 Å². The van der Waals surface area contributed by atoms with Crippen molar-refractivity contribution in [1.29, 1.82) is 0 Å². The minimum Gasteiger partial charge on any atom is -0.473 e. The van der Waals surface area contributed by atoms with Crippen LogP contribution in [0.4, 0.5) is 0 Å². The normalized spacial score (nSPS) is 15.0. The van der Waals surface area contributed by atoms with Crippen LogP contribution >= 0.6 is 0 Å². The first-order valence-electron chi connectivity index (χ1n) is 11.4. The van der Waals surface area contributed by atoms with Crippen LogP contribution in [0.25, 0.3) is 11.1 Å². The first-order chi connectivity index (χ1) is 15.6. The van der Waals surface area contributed by atoms with Gasteiger partial charge in [-0.1, -0.05) is 25.5 Å². The van der Waals surface area contributed by atoms with Gasteiger partial charge in [0.2, 0.25) is 11.8 Å². The van der Waals surface area contributed by atoms with Crippen LogP contribution in [0.5, 0.6) is 17.5 Å². The van der Waals surface area contributed by atoms with E-state index in [2.05, 4.69) is 39.3 Å². The van der Waals surface area contributed by atoms with Crippen LogP contribution in [-0.2, 0) is 6.42 Å². The van der Waals surface area contributed by atoms with E-state index in [1.54, 1.807) is 0 Å². The van der Waals surface area contributed by atoms with E-state index < -0.39 is 0 Å². The van der Waals surface area contributed by atoms with Crippen molar-refractivity contribution in [2.75, 3.05) is 20.1 Å². The average molecular weight is 434 g/mol. The van der Waals surface area contributed by atoms with Gasteiger partial charge in [0.05, 0.1) is 11.4 Å². The highest BCUT2D eigenvalue weighted by atomic mass is 16.5. The van der Waals surface area contributed by atoms with Crippen molar-refractivity contribution in [3.8, 4) is 28.6 Å². The Balaban J connectivity index is 1.53. The van der Waals surface area contributed by atoms with Crippen molar-refractivity contribution in [2.24, 2.45) is 0 Å². The lowest BCUT2D eigenvalue weighted by Crippen LogP contribution is -2.35. The predicted molar refractivity (Wildman–Crippen MR) is 124 cm³/mol. The maximum Gasteiger partial charge on any atom is 0.238 e. The van der Waals surface area contributed by atoms with Gasteiger partial charge in [0.15, 0.2) is 0 Å². The fraction of sp³-hybridized carbons (Fsp3) is 0.440. The highest BCUT2D eigenvalue weighted by molar-refractivity contribution is 5.67. The standard InChI is InChI=1S/C25H31N5O2/c1-4-5-6-23-22(17-25(29-27-23)32-21-13-15-30(3)16-14-21)19-8-10-20(11-9-19)31-24-12-7-18(2)26-28-24/h7-12,17,21H,4-6,13-16H2,1-3H3. The summed E-state index contributed by atoms with van der Waals surface area (Å²) in [6.45, 7) is 6.18. The molecule has 0 aliphatic carbocycles. The second kappa shape index (κ2) is 10.5. The van der Waals surface area contributed by atoms with Crippen molar-refractivity contribution >= 4 is 0 Å². The second-order valence-corrected chi connectivity index (χ2v) is 8.41. The molecule has 1 saturated heterocycles. The first-order valence-corrected chi connectivity index (χ1v) is 11.4. The van der Waals surface area contributed by atoms with Crippen LogP contribution in [0.2, 0.25) is 0 Å². The van der Waals surface area contributed by atoms with E-state index >= 15 is 0 Å². The lowest BCUT2D eigenvalue weighted by Gasteiger charge is -2.28. The average Bonchev–Trinajstić information content (AvgIpc) is 2.82. The Labute approximate surface area is 189 Å². The maximum absolute atomic E-state index is 6.20. The lowest BCUT2D eigenvalue weighted by atomic mass is 10.0. The molecular weight excluding hydrogens is 402 g/mol. The Bertz CT molecular complexity index is 1000. The van der Waals surface area contributed by atoms with Crippen LogP contribution in [0.1, 0.15) is 44.0 Å². The van der Waals surface area contributed by atoms with E-state index in [1.165, 1.54) is 0 Å². The van der Waals surface area contributed by atoms with E-state index in [-0.39, 0.29) is 6.10 Å². The molecule has 0 spiro atoms. The summed E-state index contributed by atoms with van der Waals surface area (Å²) < 4.78 is 12.0. The minimum atomic E-state index is 0.196. The van der Waals surface area contributed by atoms with Gasteiger partial charge in [0.1, 0.15) is 11.9 Å². The van der Waals surface area contributed by atoms with E-state index in [9.17, 15) is 0 Å². The Morgan fingerprint density at radius 2 is 1.69 bits per heavy atom. The maximum atomic E-state index is 6.20. The fourth-order valence-corrected chi connectivity index (χ4v) is 3.77. The molecule has 32 heavy (non-hydrogen) atoms. The number of nitrogens with zero attached hydrogens (tertiary/aromatic N) is 5. The van der Waals surface area contributed by atoms with Gasteiger partial charge < -0.3 is 14.4 Å². The zero-order valence-corrected chi connectivity index (χ0v) is 19.1. The lowest BCUT2D eigenvalue weighted by molar-refractivity contribution is 0.109. The van der Waals surface area contributed by atoms with Crippen LogP contribution in [-0.4, -0.2) is 51.5 Å². The molecule has 7 heteroatoms. The SMILES string of the molecule is CCCCc1nnc(OC2CCN(C)CC2)cc1-c1ccc(Oc2ccc(C)nn2)cc1. The molecular formula is C25H31N5O2. The van der Waals surface area contributed by atoms with Crippen LogP contribution in [0.3, 0.4) is 0 Å². The van der Waals surface area contributed by atoms with Gasteiger partial charge in [0.25, 0.3) is 0 Å². The second-order valence-electron chi connectivity index (χ2n) is 8.41. The van der Waals surface area contributed by atoms with Gasteiger partial charge in [-0.05, 0) is 63.4 Å². The summed E-state index contributed by atoms with van der Waals surface area (Å²) in [6, 6.07) is 13.7. The van der Waals surface area contributed by atoms with Crippen LogP contribution in [0.15, 0.2) is 42.5 Å². The zero-order valence-electron chi connectivity index (χ0n) is 19.1. The van der Waals surface area contributed by atoms with E-state index in [1.807, 2.05) is 49.4 Å². The molecule has 1 fully saturated rings. The van der Waals surface area contributed by atoms with Gasteiger partial charge in [-0.25, -0.2) is 0 Å². The minimum absolute atomic E-state index is 0.196. The Morgan fingerprint density at radius 1 is 0.938 bits per heavy atom. The summed E-state index contributed by atoms with van der Waals surface area (Å²) in [7, 11) is 2.15. The van der Waals surface area contributed by atoms with E-state index in [0.717, 1.165) is 67.7 Å². The summed E-state index contributed by atoms with van der Waals surface area (Å²) in [6.07, 6.45) is 5.30. The van der Waals surface area contributed by atoms with Crippen molar-refractivity contribution in [3.63, 3.8) is 0 Å². The Hall–Kier alpha value is -3.06. The van der Waals surface area contributed by atoms with Gasteiger partial charge in [-0.3, -0.25) is 0 Å². The monoisotopic (exact) mass is 433 g/mol. The molecule has 0 saturated carbocycles. The molecule has 0 N–H and O–H groups in total. The van der Waals surface area contributed by atoms with Crippen LogP contribution in [0, 0.1) is 6.92 Å². The number of benzene rings is 1. The third-order valence-corrected chi connectivity index (χ3v) is 5.73. The number of hydrogen-bond donors (Lipinski definition) is 0. The summed E-state index contributed by atoms with van der Waals surface area (Å²) in [4.78, 5) is 2.33. The number of hydrogen-bond acceptors (Lipinski definition) is 7. The highest BCUT2D eigenvalue weighted by Crippen LogP contribution is 2.30. The zero-order chi connectivity index (χ0) is 22.3. The molecule has 168 valence electrons. The number of aryl methyl sites for hydroxylation is 2. The quantitative estimate of drug-likeness (QED) is 0.503. The molecule has 0 atom stereocenters. The molecule has 2 aromatic heterocycles. The largest absolute Gasteiger partial charge is 0.473 e. The summed E-state index contributed by atoms with van der Waals surface area (Å²) in [5, 5.41) is 17.0. The van der Waals surface area contributed by atoms with E-state index in [0.29, 0.717) is 17.5 Å². The molecule has 1 aliphatic rings. The smallest absolute Gasteiger partial charge is 0.238 e. The van der Waals surface area contributed by atoms with Crippen molar-refractivity contribution < 1.29 is 9.47 Å². The molecule has 1 aliphatic heterocycles. The molecule has 0 amide bonds. The number of piperidine rings is 1. The van der Waals surface area contributed by atoms with Crippen molar-refractivity contribution in [2.45, 2.75) is 52.1 Å². The molecule has 0 unspecified atom stereocenters. The van der Waals surface area contributed by atoms with Crippen LogP contribution < -0.4 is 9.47 Å². The summed E-state index contributed by atoms with van der Waals surface area (Å²) >= 11 is 0. The van der Waals surface area contributed by atoms with Gasteiger partial charge in [0, 0.05) is 30.8 Å². The number of unbranched alkanes of at least 4 members (excludes halogenated alkanes) is 1. The van der Waals surface area contributed by atoms with Gasteiger partial charge >= 0.3 is 0 Å². The third-order valence-electron chi connectivity index (χ3n) is 5.73. The van der Waals surface area contributed by atoms with E-state index in [4.69, 9.17) is 9.47 Å². The number of aromatic nitrogens is 4. The van der Waals surface area contributed by atoms with Crippen molar-refractivity contribution in [1.82, 2.24) is 25.3 Å². The topological polar surface area (TPSA) is 73.3 Å². The Morgan fingerprint density at radius 3 is 2.38 bits per heavy atom. The molecule has 0 bridgehead atoms. The summed E-state index contributed by atoms with van der Waals surface area (Å²) in [5.74, 6) is 1.79. The molecule has 3 aromatic rings. The van der Waals surface area contributed by atoms with Crippen molar-refractivity contribution in [3.05, 3.63) is 53.9 Å². The fourth-order valence-electron chi connectivity index (χ4n) is 3.77. The number of ether oxygens (including phenoxy) is 2. The first kappa shape index (κ1) is 22.1. The summed E-state index contributed by atoms with van der Waals surface area (Å²) in [5.41, 5.74) is 4.00. The highest BCUT2D eigenvalue weighted by Gasteiger charge is 2.19. The number of rotatable bonds is 8. The molecule has 1 aromatic carbocycles. The molecule has 7 nitrogen and oxygen atoms in total. The molecule has 0 radical (unpaired) electrons.